The molecule has 0 bridgehead atoms. The monoisotopic (exact) mass is 297 g/mol. The lowest BCUT2D eigenvalue weighted by Gasteiger charge is -2.31. The summed E-state index contributed by atoms with van der Waals surface area (Å²) in [6.07, 6.45) is 5.19. The first-order valence-electron chi connectivity index (χ1n) is 7.29. The number of nitrogens with zero attached hydrogens (tertiary/aromatic N) is 4. The zero-order valence-corrected chi connectivity index (χ0v) is 12.2. The minimum Gasteiger partial charge on any atom is -0.393 e. The summed E-state index contributed by atoms with van der Waals surface area (Å²) in [6.45, 7) is 2.74. The Balaban J connectivity index is 1.63. The molecule has 110 valence electrons. The van der Waals surface area contributed by atoms with Crippen LogP contribution in [0.3, 0.4) is 0 Å². The third kappa shape index (κ3) is 3.30. The molecule has 0 atom stereocenters. The summed E-state index contributed by atoms with van der Waals surface area (Å²) >= 11 is 5.99. The number of halogens is 1. The van der Waals surface area contributed by atoms with E-state index in [0.717, 1.165) is 32.5 Å². The number of anilines is 2. The second-order valence-electron chi connectivity index (χ2n) is 5.65. The number of hydrogen-bond acceptors (Lipinski definition) is 6. The van der Waals surface area contributed by atoms with Crippen LogP contribution in [-0.4, -0.2) is 45.8 Å². The molecule has 1 saturated carbocycles. The molecular weight excluding hydrogens is 278 g/mol. The lowest BCUT2D eigenvalue weighted by Crippen LogP contribution is -2.34. The van der Waals surface area contributed by atoms with Crippen molar-refractivity contribution in [2.75, 3.05) is 29.9 Å². The predicted octanol–water partition coefficient (Wildman–Crippen LogP) is 1.70. The van der Waals surface area contributed by atoms with Crippen molar-refractivity contribution in [1.82, 2.24) is 15.0 Å². The molecule has 0 aromatic carbocycles. The number of piperidine rings is 1. The van der Waals surface area contributed by atoms with Crippen LogP contribution in [0.1, 0.15) is 32.1 Å². The van der Waals surface area contributed by atoms with Crippen molar-refractivity contribution in [3.8, 4) is 0 Å². The van der Waals surface area contributed by atoms with Gasteiger partial charge in [-0.15, -0.1) is 0 Å². The number of nitrogens with one attached hydrogen (secondary N) is 1. The van der Waals surface area contributed by atoms with E-state index in [-0.39, 0.29) is 11.4 Å². The van der Waals surface area contributed by atoms with Crippen LogP contribution in [0.2, 0.25) is 5.28 Å². The lowest BCUT2D eigenvalue weighted by molar-refractivity contribution is 0.0486. The molecule has 0 amide bonds. The standard InChI is InChI=1S/C13H20ClN5O/c14-11-16-12(15-8-9-6-10(20)7-9)18-13(17-11)19-4-2-1-3-5-19/h9-10,20H,1-8H2,(H,15,16,17,18). The van der Waals surface area contributed by atoms with Crippen LogP contribution in [0.25, 0.3) is 0 Å². The highest BCUT2D eigenvalue weighted by molar-refractivity contribution is 6.28. The topological polar surface area (TPSA) is 74.2 Å². The first-order chi connectivity index (χ1) is 9.70. The summed E-state index contributed by atoms with van der Waals surface area (Å²) in [5.74, 6) is 1.70. The van der Waals surface area contributed by atoms with Gasteiger partial charge in [0, 0.05) is 19.6 Å². The summed E-state index contributed by atoms with van der Waals surface area (Å²) < 4.78 is 0. The van der Waals surface area contributed by atoms with Crippen LogP contribution in [0.15, 0.2) is 0 Å². The zero-order valence-electron chi connectivity index (χ0n) is 11.4. The molecule has 0 radical (unpaired) electrons. The largest absolute Gasteiger partial charge is 0.393 e. The molecule has 2 aliphatic rings. The molecule has 0 spiro atoms. The maximum absolute atomic E-state index is 9.28. The van der Waals surface area contributed by atoms with Crippen molar-refractivity contribution in [2.45, 2.75) is 38.2 Å². The normalized spacial score (nSPS) is 26.2. The van der Waals surface area contributed by atoms with E-state index in [1.807, 2.05) is 0 Å². The van der Waals surface area contributed by atoms with E-state index in [9.17, 15) is 5.11 Å². The average Bonchev–Trinajstić information content (AvgIpc) is 2.43. The Morgan fingerprint density at radius 3 is 2.60 bits per heavy atom. The van der Waals surface area contributed by atoms with E-state index in [2.05, 4.69) is 25.2 Å². The van der Waals surface area contributed by atoms with Crippen LogP contribution < -0.4 is 10.2 Å². The van der Waals surface area contributed by atoms with Gasteiger partial charge in [-0.05, 0) is 49.6 Å². The first kappa shape index (κ1) is 13.8. The maximum atomic E-state index is 9.28. The van der Waals surface area contributed by atoms with Crippen LogP contribution in [0, 0.1) is 5.92 Å². The van der Waals surface area contributed by atoms with Gasteiger partial charge in [0.15, 0.2) is 0 Å². The fourth-order valence-corrected chi connectivity index (χ4v) is 2.91. The van der Waals surface area contributed by atoms with Crippen LogP contribution in [0.4, 0.5) is 11.9 Å². The molecule has 0 unspecified atom stereocenters. The average molecular weight is 298 g/mol. The van der Waals surface area contributed by atoms with Crippen molar-refractivity contribution in [3.05, 3.63) is 5.28 Å². The zero-order chi connectivity index (χ0) is 13.9. The van der Waals surface area contributed by atoms with Gasteiger partial charge in [0.2, 0.25) is 17.2 Å². The number of rotatable bonds is 4. The molecule has 2 fully saturated rings. The van der Waals surface area contributed by atoms with Crippen molar-refractivity contribution >= 4 is 23.5 Å². The van der Waals surface area contributed by atoms with E-state index >= 15 is 0 Å². The predicted molar refractivity (Wildman–Crippen MR) is 78.1 cm³/mol. The summed E-state index contributed by atoms with van der Waals surface area (Å²) in [4.78, 5) is 15.0. The van der Waals surface area contributed by atoms with Gasteiger partial charge in [0.25, 0.3) is 0 Å². The highest BCUT2D eigenvalue weighted by atomic mass is 35.5. The highest BCUT2D eigenvalue weighted by Crippen LogP contribution is 2.27. The van der Waals surface area contributed by atoms with Gasteiger partial charge in [-0.3, -0.25) is 0 Å². The molecule has 1 aromatic rings. The second kappa shape index (κ2) is 6.10. The molecule has 1 aliphatic heterocycles. The lowest BCUT2D eigenvalue weighted by atomic mass is 9.82. The van der Waals surface area contributed by atoms with Gasteiger partial charge in [-0.2, -0.15) is 15.0 Å². The fraction of sp³-hybridized carbons (Fsp3) is 0.769. The Bertz CT molecular complexity index is 460. The van der Waals surface area contributed by atoms with Crippen molar-refractivity contribution in [2.24, 2.45) is 5.92 Å². The number of aromatic nitrogens is 3. The highest BCUT2D eigenvalue weighted by Gasteiger charge is 2.27. The van der Waals surface area contributed by atoms with Crippen LogP contribution in [0.5, 0.6) is 0 Å². The minimum absolute atomic E-state index is 0.132. The smallest absolute Gasteiger partial charge is 0.231 e. The van der Waals surface area contributed by atoms with Gasteiger partial charge in [0.1, 0.15) is 0 Å². The van der Waals surface area contributed by atoms with Crippen LogP contribution >= 0.6 is 11.6 Å². The molecule has 1 saturated heterocycles. The summed E-state index contributed by atoms with van der Waals surface area (Å²) in [5, 5.41) is 12.7. The second-order valence-corrected chi connectivity index (χ2v) is 5.99. The molecule has 1 aromatic heterocycles. The summed E-state index contributed by atoms with van der Waals surface area (Å²) in [5.41, 5.74) is 0. The Kier molecular flexibility index (Phi) is 4.21. The van der Waals surface area contributed by atoms with E-state index in [1.54, 1.807) is 0 Å². The molecule has 3 rings (SSSR count). The molecule has 2 N–H and O–H groups in total. The van der Waals surface area contributed by atoms with Gasteiger partial charge < -0.3 is 15.3 Å². The van der Waals surface area contributed by atoms with E-state index < -0.39 is 0 Å². The summed E-state index contributed by atoms with van der Waals surface area (Å²) in [7, 11) is 0. The molecule has 7 heteroatoms. The Hall–Kier alpha value is -1.14. The van der Waals surface area contributed by atoms with Crippen molar-refractivity contribution in [3.63, 3.8) is 0 Å². The van der Waals surface area contributed by atoms with Crippen molar-refractivity contribution < 1.29 is 5.11 Å². The van der Waals surface area contributed by atoms with Crippen molar-refractivity contribution in [1.29, 1.82) is 0 Å². The van der Waals surface area contributed by atoms with Gasteiger partial charge in [-0.25, -0.2) is 0 Å². The Morgan fingerprint density at radius 1 is 1.15 bits per heavy atom. The third-order valence-electron chi connectivity index (χ3n) is 3.99. The minimum atomic E-state index is -0.132. The van der Waals surface area contributed by atoms with E-state index in [1.165, 1.54) is 19.3 Å². The Morgan fingerprint density at radius 2 is 1.90 bits per heavy atom. The molecule has 6 nitrogen and oxygen atoms in total. The van der Waals surface area contributed by atoms with E-state index in [0.29, 0.717) is 17.8 Å². The first-order valence-corrected chi connectivity index (χ1v) is 7.67. The number of aliphatic hydroxyl groups excluding tert-OH is 1. The SMILES string of the molecule is OC1CC(CNc2nc(Cl)nc(N3CCCCC3)n2)C1. The van der Waals surface area contributed by atoms with Crippen LogP contribution in [-0.2, 0) is 0 Å². The molecular formula is C13H20ClN5O. The Labute approximate surface area is 123 Å². The molecule has 20 heavy (non-hydrogen) atoms. The fourth-order valence-electron chi connectivity index (χ4n) is 2.76. The van der Waals surface area contributed by atoms with Gasteiger partial charge in [0.05, 0.1) is 6.10 Å². The maximum Gasteiger partial charge on any atom is 0.231 e. The third-order valence-corrected chi connectivity index (χ3v) is 4.16. The van der Waals surface area contributed by atoms with Gasteiger partial charge in [-0.1, -0.05) is 0 Å². The number of aliphatic hydroxyl groups is 1. The number of hydrogen-bond donors (Lipinski definition) is 2. The summed E-state index contributed by atoms with van der Waals surface area (Å²) in [6, 6.07) is 0. The molecule has 2 heterocycles. The van der Waals surface area contributed by atoms with Gasteiger partial charge >= 0.3 is 0 Å². The molecule has 1 aliphatic carbocycles. The quantitative estimate of drug-likeness (QED) is 0.881. The van der Waals surface area contributed by atoms with E-state index in [4.69, 9.17) is 11.6 Å².